The molecule has 26 heavy (non-hydrogen) atoms. The van der Waals surface area contributed by atoms with E-state index in [2.05, 4.69) is 15.9 Å². The van der Waals surface area contributed by atoms with E-state index in [1.165, 1.54) is 4.31 Å². The van der Waals surface area contributed by atoms with Gasteiger partial charge in [0, 0.05) is 17.6 Å². The lowest BCUT2D eigenvalue weighted by Gasteiger charge is -2.23. The summed E-state index contributed by atoms with van der Waals surface area (Å²) in [6, 6.07) is 24.7. The van der Waals surface area contributed by atoms with Gasteiger partial charge in [0.05, 0.1) is 4.90 Å². The molecule has 5 heteroatoms. The molecule has 3 nitrogen and oxygen atoms in total. The van der Waals surface area contributed by atoms with E-state index in [1.807, 2.05) is 79.7 Å². The molecular weight excluding hydrogens is 410 g/mol. The first-order valence-corrected chi connectivity index (χ1v) is 10.5. The molecule has 0 saturated carbocycles. The second kappa shape index (κ2) is 8.16. The molecule has 3 aromatic rings. The Balaban J connectivity index is 2.02. The van der Waals surface area contributed by atoms with Crippen LogP contribution in [0, 0.1) is 6.92 Å². The van der Waals surface area contributed by atoms with E-state index in [0.717, 1.165) is 21.2 Å². The van der Waals surface area contributed by atoms with Gasteiger partial charge in [0.2, 0.25) is 10.0 Å². The minimum atomic E-state index is -3.65. The summed E-state index contributed by atoms with van der Waals surface area (Å²) in [5.41, 5.74) is 2.65. The predicted molar refractivity (Wildman–Crippen MR) is 108 cm³/mol. The fraction of sp³-hybridized carbons (Fsp3) is 0.143. The van der Waals surface area contributed by atoms with Crippen LogP contribution in [-0.2, 0) is 23.1 Å². The van der Waals surface area contributed by atoms with E-state index < -0.39 is 10.0 Å². The third-order valence-corrected chi connectivity index (χ3v) is 6.60. The van der Waals surface area contributed by atoms with Crippen LogP contribution < -0.4 is 0 Å². The first-order chi connectivity index (χ1) is 12.5. The summed E-state index contributed by atoms with van der Waals surface area (Å²) in [4.78, 5) is 0.332. The van der Waals surface area contributed by atoms with Crippen LogP contribution in [0.25, 0.3) is 0 Å². The molecule has 0 aliphatic rings. The van der Waals surface area contributed by atoms with Crippen LogP contribution in [0.15, 0.2) is 88.2 Å². The Hall–Kier alpha value is -1.95. The van der Waals surface area contributed by atoms with Gasteiger partial charge in [-0.1, -0.05) is 82.7 Å². The van der Waals surface area contributed by atoms with Crippen molar-refractivity contribution in [3.05, 3.63) is 100 Å². The smallest absolute Gasteiger partial charge is 0.207 e. The van der Waals surface area contributed by atoms with Crippen molar-refractivity contribution in [3.8, 4) is 0 Å². The van der Waals surface area contributed by atoms with Gasteiger partial charge in [-0.05, 0) is 35.7 Å². The second-order valence-electron chi connectivity index (χ2n) is 6.15. The summed E-state index contributed by atoms with van der Waals surface area (Å²) in [6.07, 6.45) is 0. The van der Waals surface area contributed by atoms with Gasteiger partial charge >= 0.3 is 0 Å². The first kappa shape index (κ1) is 18.8. The van der Waals surface area contributed by atoms with Gasteiger partial charge < -0.3 is 0 Å². The van der Waals surface area contributed by atoms with E-state index in [4.69, 9.17) is 0 Å². The quantitative estimate of drug-likeness (QED) is 0.543. The molecule has 0 aliphatic heterocycles. The number of hydrogen-bond donors (Lipinski definition) is 0. The lowest BCUT2D eigenvalue weighted by molar-refractivity contribution is 0.401. The fourth-order valence-electron chi connectivity index (χ4n) is 2.79. The van der Waals surface area contributed by atoms with Gasteiger partial charge in [0.25, 0.3) is 0 Å². The Morgan fingerprint density at radius 3 is 1.81 bits per heavy atom. The highest BCUT2D eigenvalue weighted by atomic mass is 79.9. The van der Waals surface area contributed by atoms with Crippen molar-refractivity contribution in [1.82, 2.24) is 4.31 Å². The van der Waals surface area contributed by atoms with Crippen molar-refractivity contribution in [3.63, 3.8) is 0 Å². The van der Waals surface area contributed by atoms with Crippen LogP contribution >= 0.6 is 15.9 Å². The Labute approximate surface area is 163 Å². The Morgan fingerprint density at radius 1 is 0.808 bits per heavy atom. The highest BCUT2D eigenvalue weighted by Crippen LogP contribution is 2.26. The zero-order chi connectivity index (χ0) is 18.6. The number of aryl methyl sites for hydroxylation is 1. The molecule has 0 atom stereocenters. The van der Waals surface area contributed by atoms with Crippen LogP contribution in [0.4, 0.5) is 0 Å². The number of benzene rings is 3. The van der Waals surface area contributed by atoms with Crippen molar-refractivity contribution in [2.24, 2.45) is 0 Å². The van der Waals surface area contributed by atoms with Crippen molar-refractivity contribution < 1.29 is 8.42 Å². The van der Waals surface area contributed by atoms with Gasteiger partial charge in [-0.3, -0.25) is 0 Å². The average molecular weight is 430 g/mol. The molecule has 0 spiro atoms. The molecule has 3 rings (SSSR count). The maximum atomic E-state index is 13.4. The topological polar surface area (TPSA) is 37.4 Å². The molecule has 0 bridgehead atoms. The maximum Gasteiger partial charge on any atom is 0.243 e. The van der Waals surface area contributed by atoms with Crippen molar-refractivity contribution >= 4 is 26.0 Å². The summed E-state index contributed by atoms with van der Waals surface area (Å²) in [7, 11) is -3.65. The number of rotatable bonds is 6. The van der Waals surface area contributed by atoms with Crippen molar-refractivity contribution in [2.45, 2.75) is 24.9 Å². The molecule has 0 fully saturated rings. The highest BCUT2D eigenvalue weighted by molar-refractivity contribution is 9.10. The molecule has 0 unspecified atom stereocenters. The lowest BCUT2D eigenvalue weighted by atomic mass is 10.2. The normalized spacial score (nSPS) is 11.7. The number of nitrogens with zero attached hydrogens (tertiary/aromatic N) is 1. The van der Waals surface area contributed by atoms with E-state index in [-0.39, 0.29) is 0 Å². The maximum absolute atomic E-state index is 13.4. The van der Waals surface area contributed by atoms with Crippen molar-refractivity contribution in [2.75, 3.05) is 0 Å². The van der Waals surface area contributed by atoms with Gasteiger partial charge in [0.1, 0.15) is 0 Å². The molecule has 3 aromatic carbocycles. The molecule has 0 amide bonds. The van der Waals surface area contributed by atoms with Gasteiger partial charge in [-0.2, -0.15) is 4.31 Å². The first-order valence-electron chi connectivity index (χ1n) is 8.31. The number of sulfonamides is 1. The van der Waals surface area contributed by atoms with E-state index >= 15 is 0 Å². The van der Waals surface area contributed by atoms with Crippen LogP contribution in [0.5, 0.6) is 0 Å². The van der Waals surface area contributed by atoms with Crippen LogP contribution in [-0.4, -0.2) is 12.7 Å². The summed E-state index contributed by atoms with van der Waals surface area (Å²) < 4.78 is 29.1. The minimum absolute atomic E-state index is 0.323. The Morgan fingerprint density at radius 2 is 1.31 bits per heavy atom. The third kappa shape index (κ3) is 4.41. The Bertz CT molecular complexity index is 932. The van der Waals surface area contributed by atoms with Gasteiger partial charge in [0.15, 0.2) is 0 Å². The zero-order valence-corrected chi connectivity index (χ0v) is 16.9. The lowest BCUT2D eigenvalue weighted by Crippen LogP contribution is -2.30. The minimum Gasteiger partial charge on any atom is -0.207 e. The molecule has 0 radical (unpaired) electrons. The molecule has 0 aliphatic carbocycles. The molecule has 0 aromatic heterocycles. The summed E-state index contributed by atoms with van der Waals surface area (Å²) in [5.74, 6) is 0. The van der Waals surface area contributed by atoms with E-state index in [0.29, 0.717) is 18.0 Å². The fourth-order valence-corrected chi connectivity index (χ4v) is 4.97. The molecule has 134 valence electrons. The van der Waals surface area contributed by atoms with Gasteiger partial charge in [-0.15, -0.1) is 0 Å². The summed E-state index contributed by atoms with van der Waals surface area (Å²) in [5, 5.41) is 0. The highest BCUT2D eigenvalue weighted by Gasteiger charge is 2.26. The molecule has 0 saturated heterocycles. The summed E-state index contributed by atoms with van der Waals surface area (Å²) >= 11 is 3.39. The van der Waals surface area contributed by atoms with E-state index in [9.17, 15) is 8.42 Å². The zero-order valence-electron chi connectivity index (χ0n) is 14.5. The van der Waals surface area contributed by atoms with Gasteiger partial charge in [-0.25, -0.2) is 8.42 Å². The summed E-state index contributed by atoms with van der Waals surface area (Å²) in [6.45, 7) is 2.47. The largest absolute Gasteiger partial charge is 0.243 e. The van der Waals surface area contributed by atoms with Crippen molar-refractivity contribution in [1.29, 1.82) is 0 Å². The van der Waals surface area contributed by atoms with Crippen LogP contribution in [0.3, 0.4) is 0 Å². The Kier molecular flexibility index (Phi) is 5.91. The number of halogens is 1. The second-order valence-corrected chi connectivity index (χ2v) is 8.98. The van der Waals surface area contributed by atoms with E-state index in [1.54, 1.807) is 6.07 Å². The molecule has 0 N–H and O–H groups in total. The molecule has 0 heterocycles. The van der Waals surface area contributed by atoms with Crippen LogP contribution in [0.1, 0.15) is 16.7 Å². The standard InChI is InChI=1S/C21H20BrNO2S/c1-17-12-13-20(22)14-21(17)26(24,25)23(15-18-8-4-2-5-9-18)16-19-10-6-3-7-11-19/h2-14H,15-16H2,1H3. The molecular formula is C21H20BrNO2S. The van der Waals surface area contributed by atoms with Crippen LogP contribution in [0.2, 0.25) is 0 Å². The predicted octanol–water partition coefficient (Wildman–Crippen LogP) is 5.15. The average Bonchev–Trinajstić information content (AvgIpc) is 2.65. The third-order valence-electron chi connectivity index (χ3n) is 4.17. The SMILES string of the molecule is Cc1ccc(Br)cc1S(=O)(=O)N(Cc1ccccc1)Cc1ccccc1. The number of hydrogen-bond acceptors (Lipinski definition) is 2. The monoisotopic (exact) mass is 429 g/mol.